The molecule has 0 spiro atoms. The van der Waals surface area contributed by atoms with Gasteiger partial charge in [0.25, 0.3) is 0 Å². The molecule has 3 atom stereocenters. The first-order valence-corrected chi connectivity index (χ1v) is 10.8. The van der Waals surface area contributed by atoms with Crippen LogP contribution in [-0.4, -0.2) is 91.4 Å². The van der Waals surface area contributed by atoms with Crippen molar-refractivity contribution in [2.45, 2.75) is 66.0 Å². The van der Waals surface area contributed by atoms with Crippen molar-refractivity contribution >= 4 is 17.7 Å². The Kier molecular flexibility index (Phi) is 13.5. The minimum atomic E-state index is -0.790. The SMILES string of the molecule is CCCC(=O)N(C)[C@H](COCCN(CC)CC)C(=O)N(C)[C@H](C(N)=O)C(C)CC. The van der Waals surface area contributed by atoms with Crippen LogP contribution in [0.3, 0.4) is 0 Å². The molecule has 29 heavy (non-hydrogen) atoms. The van der Waals surface area contributed by atoms with Crippen LogP contribution in [0.2, 0.25) is 0 Å². The van der Waals surface area contributed by atoms with E-state index in [0.29, 0.717) is 25.9 Å². The van der Waals surface area contributed by atoms with Crippen LogP contribution in [0.1, 0.15) is 53.9 Å². The molecule has 0 radical (unpaired) electrons. The van der Waals surface area contributed by atoms with Gasteiger partial charge in [-0.05, 0) is 25.4 Å². The molecule has 1 unspecified atom stereocenters. The minimum Gasteiger partial charge on any atom is -0.377 e. The number of ether oxygens (including phenoxy) is 1. The summed E-state index contributed by atoms with van der Waals surface area (Å²) in [5.74, 6) is -1.07. The molecule has 0 aliphatic carbocycles. The number of hydrogen-bond acceptors (Lipinski definition) is 5. The molecule has 0 rings (SSSR count). The second-order valence-corrected chi connectivity index (χ2v) is 7.55. The molecule has 0 aliphatic heterocycles. The summed E-state index contributed by atoms with van der Waals surface area (Å²) in [7, 11) is 3.19. The van der Waals surface area contributed by atoms with E-state index in [1.165, 1.54) is 9.80 Å². The van der Waals surface area contributed by atoms with E-state index in [1.54, 1.807) is 14.1 Å². The Morgan fingerprint density at radius 3 is 2.03 bits per heavy atom. The van der Waals surface area contributed by atoms with Crippen molar-refractivity contribution in [1.29, 1.82) is 0 Å². The third-order valence-corrected chi connectivity index (χ3v) is 5.57. The minimum absolute atomic E-state index is 0.0812. The molecule has 0 aromatic heterocycles. The summed E-state index contributed by atoms with van der Waals surface area (Å²) in [6.45, 7) is 13.1. The fraction of sp³-hybridized carbons (Fsp3) is 0.857. The predicted molar refractivity (Wildman–Crippen MR) is 115 cm³/mol. The van der Waals surface area contributed by atoms with Gasteiger partial charge in [-0.25, -0.2) is 0 Å². The van der Waals surface area contributed by atoms with Crippen molar-refractivity contribution in [1.82, 2.24) is 14.7 Å². The van der Waals surface area contributed by atoms with Crippen LogP contribution in [0.5, 0.6) is 0 Å². The van der Waals surface area contributed by atoms with Gasteiger partial charge in [-0.2, -0.15) is 0 Å². The van der Waals surface area contributed by atoms with Crippen LogP contribution >= 0.6 is 0 Å². The van der Waals surface area contributed by atoms with E-state index in [9.17, 15) is 14.4 Å². The normalized spacial score (nSPS) is 14.3. The summed E-state index contributed by atoms with van der Waals surface area (Å²) < 4.78 is 5.78. The average Bonchev–Trinajstić information content (AvgIpc) is 2.69. The van der Waals surface area contributed by atoms with Crippen molar-refractivity contribution in [3.63, 3.8) is 0 Å². The Morgan fingerprint density at radius 2 is 1.59 bits per heavy atom. The topological polar surface area (TPSA) is 96.2 Å². The highest BCUT2D eigenvalue weighted by Crippen LogP contribution is 2.16. The number of nitrogens with zero attached hydrogens (tertiary/aromatic N) is 3. The number of nitrogens with two attached hydrogens (primary N) is 1. The molecule has 0 bridgehead atoms. The fourth-order valence-electron chi connectivity index (χ4n) is 3.29. The Balaban J connectivity index is 5.36. The number of carbonyl (C=O) groups is 3. The molecule has 0 heterocycles. The lowest BCUT2D eigenvalue weighted by atomic mass is 9.96. The van der Waals surface area contributed by atoms with E-state index in [-0.39, 0.29) is 24.3 Å². The quantitative estimate of drug-likeness (QED) is 0.408. The molecule has 0 saturated heterocycles. The molecule has 0 aromatic rings. The fourth-order valence-corrected chi connectivity index (χ4v) is 3.29. The van der Waals surface area contributed by atoms with Crippen LogP contribution in [-0.2, 0) is 19.1 Å². The van der Waals surface area contributed by atoms with Crippen molar-refractivity contribution in [2.24, 2.45) is 11.7 Å². The van der Waals surface area contributed by atoms with Gasteiger partial charge in [0, 0.05) is 27.1 Å². The van der Waals surface area contributed by atoms with E-state index in [4.69, 9.17) is 10.5 Å². The number of rotatable bonds is 15. The lowest BCUT2D eigenvalue weighted by molar-refractivity contribution is -0.150. The van der Waals surface area contributed by atoms with E-state index < -0.39 is 18.0 Å². The van der Waals surface area contributed by atoms with Crippen LogP contribution in [0.4, 0.5) is 0 Å². The smallest absolute Gasteiger partial charge is 0.248 e. The molecule has 2 N–H and O–H groups in total. The number of amides is 3. The van der Waals surface area contributed by atoms with Gasteiger partial charge in [0.2, 0.25) is 17.7 Å². The molecule has 170 valence electrons. The zero-order chi connectivity index (χ0) is 22.6. The summed E-state index contributed by atoms with van der Waals surface area (Å²) in [6, 6.07) is -1.51. The van der Waals surface area contributed by atoms with E-state index in [2.05, 4.69) is 18.7 Å². The highest BCUT2D eigenvalue weighted by Gasteiger charge is 2.36. The zero-order valence-corrected chi connectivity index (χ0v) is 19.4. The van der Waals surface area contributed by atoms with Crippen molar-refractivity contribution in [3.05, 3.63) is 0 Å². The van der Waals surface area contributed by atoms with Gasteiger partial charge < -0.3 is 25.2 Å². The van der Waals surface area contributed by atoms with Crippen LogP contribution < -0.4 is 5.73 Å². The van der Waals surface area contributed by atoms with Crippen LogP contribution in [0, 0.1) is 5.92 Å². The van der Waals surface area contributed by atoms with Crippen molar-refractivity contribution in [2.75, 3.05) is 46.9 Å². The van der Waals surface area contributed by atoms with Gasteiger partial charge in [0.1, 0.15) is 12.1 Å². The summed E-state index contributed by atoms with van der Waals surface area (Å²) in [5, 5.41) is 0. The molecule has 0 saturated carbocycles. The zero-order valence-electron chi connectivity index (χ0n) is 19.4. The molecular weight excluding hydrogens is 372 g/mol. The Bertz CT molecular complexity index is 511. The van der Waals surface area contributed by atoms with Gasteiger partial charge in [-0.3, -0.25) is 14.4 Å². The van der Waals surface area contributed by atoms with Crippen LogP contribution in [0.15, 0.2) is 0 Å². The lowest BCUT2D eigenvalue weighted by Crippen LogP contribution is -2.57. The number of likely N-dealkylation sites (N-methyl/N-ethyl adjacent to an activating group) is 3. The molecule has 0 aromatic carbocycles. The summed E-state index contributed by atoms with van der Waals surface area (Å²) in [6.07, 6.45) is 1.76. The highest BCUT2D eigenvalue weighted by molar-refractivity contribution is 5.91. The standard InChI is InChI=1S/C21H42N4O4/c1-8-12-18(26)23(6)17(15-29-14-13-25(10-3)11-4)21(28)24(7)19(20(22)27)16(5)9-2/h16-17,19H,8-15H2,1-7H3,(H2,22,27)/t16?,17-,19+/m1/s1. The summed E-state index contributed by atoms with van der Waals surface area (Å²) >= 11 is 0. The van der Waals surface area contributed by atoms with Crippen molar-refractivity contribution < 1.29 is 19.1 Å². The van der Waals surface area contributed by atoms with Gasteiger partial charge in [0.15, 0.2) is 0 Å². The van der Waals surface area contributed by atoms with E-state index in [0.717, 1.165) is 19.6 Å². The maximum atomic E-state index is 13.2. The highest BCUT2D eigenvalue weighted by atomic mass is 16.5. The van der Waals surface area contributed by atoms with Crippen LogP contribution in [0.25, 0.3) is 0 Å². The molecule has 0 aliphatic rings. The Morgan fingerprint density at radius 1 is 1.00 bits per heavy atom. The Hall–Kier alpha value is -1.67. The number of carbonyl (C=O) groups excluding carboxylic acids is 3. The monoisotopic (exact) mass is 414 g/mol. The number of hydrogen-bond donors (Lipinski definition) is 1. The maximum absolute atomic E-state index is 13.2. The second-order valence-electron chi connectivity index (χ2n) is 7.55. The van der Waals surface area contributed by atoms with E-state index >= 15 is 0 Å². The third-order valence-electron chi connectivity index (χ3n) is 5.57. The molecule has 8 heteroatoms. The van der Waals surface area contributed by atoms with Gasteiger partial charge in [0.05, 0.1) is 13.2 Å². The summed E-state index contributed by atoms with van der Waals surface area (Å²) in [4.78, 5) is 42.7. The molecule has 0 fully saturated rings. The average molecular weight is 415 g/mol. The van der Waals surface area contributed by atoms with Gasteiger partial charge >= 0.3 is 0 Å². The molecule has 3 amide bonds. The second kappa shape index (κ2) is 14.3. The lowest BCUT2D eigenvalue weighted by Gasteiger charge is -2.35. The predicted octanol–water partition coefficient (Wildman–Crippen LogP) is 1.33. The number of primary amides is 1. The largest absolute Gasteiger partial charge is 0.377 e. The first kappa shape index (κ1) is 27.3. The van der Waals surface area contributed by atoms with Gasteiger partial charge in [-0.15, -0.1) is 0 Å². The Labute approximate surface area is 176 Å². The first-order valence-electron chi connectivity index (χ1n) is 10.8. The molecular formula is C21H42N4O4. The maximum Gasteiger partial charge on any atom is 0.248 e. The van der Waals surface area contributed by atoms with Crippen molar-refractivity contribution in [3.8, 4) is 0 Å². The molecule has 8 nitrogen and oxygen atoms in total. The van der Waals surface area contributed by atoms with Gasteiger partial charge in [-0.1, -0.05) is 41.0 Å². The summed E-state index contributed by atoms with van der Waals surface area (Å²) in [5.41, 5.74) is 5.57. The third kappa shape index (κ3) is 8.70. The van der Waals surface area contributed by atoms with E-state index in [1.807, 2.05) is 20.8 Å². The first-order chi connectivity index (χ1) is 13.7.